The molecule has 0 bridgehead atoms. The van der Waals surface area contributed by atoms with Crippen molar-refractivity contribution in [2.75, 3.05) is 5.32 Å². The standard InChI is InChI=1S/C25H21N3O3/c1-16-23(18-12-14-19(15-13-18)26-17(2)29)24(27-28-25(16)30)21-10-6-7-11-22(21)31-20-8-4-3-5-9-20/h3-15H,1-2H3,(H,26,29)(H,28,30). The fourth-order valence-electron chi connectivity index (χ4n) is 3.38. The summed E-state index contributed by atoms with van der Waals surface area (Å²) in [6.07, 6.45) is 0. The summed E-state index contributed by atoms with van der Waals surface area (Å²) < 4.78 is 6.11. The summed E-state index contributed by atoms with van der Waals surface area (Å²) in [5.41, 5.74) is 3.86. The molecule has 6 heteroatoms. The second-order valence-electron chi connectivity index (χ2n) is 7.07. The van der Waals surface area contributed by atoms with Crippen molar-refractivity contribution in [2.24, 2.45) is 0 Å². The number of anilines is 1. The van der Waals surface area contributed by atoms with Crippen LogP contribution in [0.15, 0.2) is 83.7 Å². The molecule has 0 spiro atoms. The largest absolute Gasteiger partial charge is 0.457 e. The maximum Gasteiger partial charge on any atom is 0.267 e. The summed E-state index contributed by atoms with van der Waals surface area (Å²) in [4.78, 5) is 23.7. The zero-order chi connectivity index (χ0) is 21.8. The fourth-order valence-corrected chi connectivity index (χ4v) is 3.38. The molecule has 0 saturated carbocycles. The van der Waals surface area contributed by atoms with Gasteiger partial charge in [0.25, 0.3) is 5.56 Å². The molecule has 154 valence electrons. The molecule has 0 saturated heterocycles. The molecular formula is C25H21N3O3. The molecule has 0 unspecified atom stereocenters. The zero-order valence-electron chi connectivity index (χ0n) is 17.2. The SMILES string of the molecule is CC(=O)Nc1ccc(-c2c(-c3ccccc3Oc3ccccc3)n[nH]c(=O)c2C)cc1. The Bertz CT molecular complexity index is 1280. The summed E-state index contributed by atoms with van der Waals surface area (Å²) in [5, 5.41) is 9.71. The molecule has 0 fully saturated rings. The Morgan fingerprint density at radius 1 is 0.935 bits per heavy atom. The zero-order valence-corrected chi connectivity index (χ0v) is 17.2. The number of aromatic nitrogens is 2. The topological polar surface area (TPSA) is 84.1 Å². The molecule has 4 aromatic rings. The Kier molecular flexibility index (Phi) is 5.62. The van der Waals surface area contributed by atoms with E-state index < -0.39 is 0 Å². The lowest BCUT2D eigenvalue weighted by Crippen LogP contribution is -2.14. The van der Waals surface area contributed by atoms with E-state index >= 15 is 0 Å². The van der Waals surface area contributed by atoms with Gasteiger partial charge in [0.2, 0.25) is 5.91 Å². The van der Waals surface area contributed by atoms with E-state index in [9.17, 15) is 9.59 Å². The molecule has 1 amide bonds. The Labute approximate surface area is 179 Å². The Morgan fingerprint density at radius 2 is 1.61 bits per heavy atom. The average molecular weight is 411 g/mol. The van der Waals surface area contributed by atoms with Crippen molar-refractivity contribution in [2.45, 2.75) is 13.8 Å². The van der Waals surface area contributed by atoms with Crippen LogP contribution in [0, 0.1) is 6.92 Å². The van der Waals surface area contributed by atoms with Crippen LogP contribution in [-0.4, -0.2) is 16.1 Å². The van der Waals surface area contributed by atoms with Gasteiger partial charge < -0.3 is 10.1 Å². The molecular weight excluding hydrogens is 390 g/mol. The van der Waals surface area contributed by atoms with Gasteiger partial charge in [0.1, 0.15) is 17.2 Å². The van der Waals surface area contributed by atoms with E-state index in [1.807, 2.05) is 66.7 Å². The highest BCUT2D eigenvalue weighted by molar-refractivity contribution is 5.90. The average Bonchev–Trinajstić information content (AvgIpc) is 2.77. The number of H-pyrrole nitrogens is 1. The van der Waals surface area contributed by atoms with Crippen LogP contribution in [0.4, 0.5) is 5.69 Å². The quantitative estimate of drug-likeness (QED) is 0.475. The molecule has 0 aliphatic rings. The molecule has 0 radical (unpaired) electrons. The van der Waals surface area contributed by atoms with Crippen molar-refractivity contribution in [3.8, 4) is 33.9 Å². The molecule has 6 nitrogen and oxygen atoms in total. The summed E-state index contributed by atoms with van der Waals surface area (Å²) >= 11 is 0. The smallest absolute Gasteiger partial charge is 0.267 e. The van der Waals surface area contributed by atoms with Gasteiger partial charge in [-0.3, -0.25) is 9.59 Å². The van der Waals surface area contributed by atoms with E-state index in [2.05, 4.69) is 15.5 Å². The molecule has 0 aliphatic carbocycles. The van der Waals surface area contributed by atoms with Crippen LogP contribution in [0.1, 0.15) is 12.5 Å². The number of aromatic amines is 1. The van der Waals surface area contributed by atoms with Crippen LogP contribution in [0.3, 0.4) is 0 Å². The van der Waals surface area contributed by atoms with Crippen molar-refractivity contribution in [1.82, 2.24) is 10.2 Å². The number of amides is 1. The lowest BCUT2D eigenvalue weighted by molar-refractivity contribution is -0.114. The van der Waals surface area contributed by atoms with E-state index in [0.717, 1.165) is 11.1 Å². The van der Waals surface area contributed by atoms with Gasteiger partial charge in [-0.1, -0.05) is 42.5 Å². The third-order valence-electron chi connectivity index (χ3n) is 4.83. The second kappa shape index (κ2) is 8.67. The molecule has 0 atom stereocenters. The van der Waals surface area contributed by atoms with E-state index in [0.29, 0.717) is 34.0 Å². The van der Waals surface area contributed by atoms with Gasteiger partial charge in [-0.25, -0.2) is 5.10 Å². The summed E-state index contributed by atoms with van der Waals surface area (Å²) in [5.74, 6) is 1.19. The number of para-hydroxylation sites is 2. The molecule has 3 aromatic carbocycles. The van der Waals surface area contributed by atoms with Crippen molar-refractivity contribution in [3.05, 3.63) is 94.8 Å². The highest BCUT2D eigenvalue weighted by Gasteiger charge is 2.18. The number of benzene rings is 3. The lowest BCUT2D eigenvalue weighted by atomic mass is 9.95. The van der Waals surface area contributed by atoms with Gasteiger partial charge in [0, 0.05) is 29.3 Å². The van der Waals surface area contributed by atoms with Crippen LogP contribution in [0.25, 0.3) is 22.4 Å². The number of carbonyl (C=O) groups is 1. The Balaban J connectivity index is 1.83. The first-order valence-electron chi connectivity index (χ1n) is 9.82. The number of ether oxygens (including phenoxy) is 1. The molecule has 0 aliphatic heterocycles. The highest BCUT2D eigenvalue weighted by atomic mass is 16.5. The number of nitrogens with zero attached hydrogens (tertiary/aromatic N) is 1. The molecule has 4 rings (SSSR count). The van der Waals surface area contributed by atoms with E-state index in [1.54, 1.807) is 19.1 Å². The van der Waals surface area contributed by atoms with Gasteiger partial charge in [0.15, 0.2) is 0 Å². The van der Waals surface area contributed by atoms with Gasteiger partial charge in [-0.2, -0.15) is 5.10 Å². The van der Waals surface area contributed by atoms with Crippen LogP contribution < -0.4 is 15.6 Å². The van der Waals surface area contributed by atoms with Gasteiger partial charge in [0.05, 0.1) is 0 Å². The normalized spacial score (nSPS) is 10.5. The van der Waals surface area contributed by atoms with Crippen molar-refractivity contribution in [1.29, 1.82) is 0 Å². The highest BCUT2D eigenvalue weighted by Crippen LogP contribution is 2.38. The summed E-state index contributed by atoms with van der Waals surface area (Å²) in [7, 11) is 0. The van der Waals surface area contributed by atoms with Gasteiger partial charge in [-0.15, -0.1) is 0 Å². The molecule has 31 heavy (non-hydrogen) atoms. The van der Waals surface area contributed by atoms with E-state index in [4.69, 9.17) is 4.74 Å². The predicted molar refractivity (Wildman–Crippen MR) is 121 cm³/mol. The maximum atomic E-state index is 12.4. The monoisotopic (exact) mass is 411 g/mol. The predicted octanol–water partition coefficient (Wildman–Crippen LogP) is 5.16. The second-order valence-corrected chi connectivity index (χ2v) is 7.07. The van der Waals surface area contributed by atoms with Crippen LogP contribution in [0.5, 0.6) is 11.5 Å². The van der Waals surface area contributed by atoms with Crippen LogP contribution in [-0.2, 0) is 4.79 Å². The third kappa shape index (κ3) is 4.38. The Morgan fingerprint density at radius 3 is 2.32 bits per heavy atom. The summed E-state index contributed by atoms with van der Waals surface area (Å²) in [6, 6.07) is 24.4. The molecule has 1 heterocycles. The van der Waals surface area contributed by atoms with Crippen molar-refractivity contribution in [3.63, 3.8) is 0 Å². The van der Waals surface area contributed by atoms with Gasteiger partial charge in [-0.05, 0) is 48.9 Å². The summed E-state index contributed by atoms with van der Waals surface area (Å²) in [6.45, 7) is 3.22. The molecule has 2 N–H and O–H groups in total. The van der Waals surface area contributed by atoms with Crippen molar-refractivity contribution < 1.29 is 9.53 Å². The minimum absolute atomic E-state index is 0.144. The fraction of sp³-hybridized carbons (Fsp3) is 0.0800. The first kappa shape index (κ1) is 20.1. The molecule has 1 aromatic heterocycles. The minimum atomic E-state index is -0.258. The number of rotatable bonds is 5. The van der Waals surface area contributed by atoms with E-state index in [-0.39, 0.29) is 11.5 Å². The van der Waals surface area contributed by atoms with Crippen LogP contribution >= 0.6 is 0 Å². The first-order chi connectivity index (χ1) is 15.0. The number of hydrogen-bond donors (Lipinski definition) is 2. The van der Waals surface area contributed by atoms with Crippen LogP contribution in [0.2, 0.25) is 0 Å². The van der Waals surface area contributed by atoms with E-state index in [1.165, 1.54) is 6.92 Å². The number of carbonyl (C=O) groups excluding carboxylic acids is 1. The number of hydrogen-bond acceptors (Lipinski definition) is 4. The lowest BCUT2D eigenvalue weighted by Gasteiger charge is -2.15. The minimum Gasteiger partial charge on any atom is -0.457 e. The first-order valence-corrected chi connectivity index (χ1v) is 9.82. The number of nitrogens with one attached hydrogen (secondary N) is 2. The maximum absolute atomic E-state index is 12.4. The third-order valence-corrected chi connectivity index (χ3v) is 4.83. The Hall–Kier alpha value is -4.19. The van der Waals surface area contributed by atoms with Gasteiger partial charge >= 0.3 is 0 Å². The van der Waals surface area contributed by atoms with Crippen molar-refractivity contribution >= 4 is 11.6 Å².